The normalized spacial score (nSPS) is 13.5. The monoisotopic (exact) mass is 601 g/mol. The van der Waals surface area contributed by atoms with Crippen LogP contribution < -0.4 is 0 Å². The summed E-state index contributed by atoms with van der Waals surface area (Å²) in [5.74, 6) is 0. The third kappa shape index (κ3) is 3.73. The quantitative estimate of drug-likeness (QED) is 0.197. The molecule has 0 unspecified atom stereocenters. The smallest absolute Gasteiger partial charge is 0.143 e. The van der Waals surface area contributed by atoms with E-state index in [1.54, 1.807) is 0 Å². The molecule has 2 heterocycles. The van der Waals surface area contributed by atoms with Crippen LogP contribution in [0.2, 0.25) is 0 Å². The van der Waals surface area contributed by atoms with Gasteiger partial charge in [-0.05, 0) is 81.4 Å². The lowest BCUT2D eigenvalue weighted by atomic mass is 9.81. The largest absolute Gasteiger partial charge is 0.455 e. The van der Waals surface area contributed by atoms with E-state index < -0.39 is 0 Å². The molecule has 10 rings (SSSR count). The topological polar surface area (TPSA) is 18.1 Å². The Morgan fingerprint density at radius 3 is 2.00 bits per heavy atom. The van der Waals surface area contributed by atoms with Gasteiger partial charge in [0.1, 0.15) is 11.2 Å². The molecule has 0 amide bonds. The van der Waals surface area contributed by atoms with Crippen molar-refractivity contribution in [1.82, 2.24) is 4.57 Å². The van der Waals surface area contributed by atoms with Crippen molar-refractivity contribution in [2.24, 2.45) is 0 Å². The molecule has 0 bridgehead atoms. The molecule has 0 N–H and O–H groups in total. The number of rotatable bonds is 3. The van der Waals surface area contributed by atoms with Crippen LogP contribution in [0.5, 0.6) is 0 Å². The number of nitrogens with zero attached hydrogens (tertiary/aromatic N) is 1. The minimum absolute atomic E-state index is 0.148. The lowest BCUT2D eigenvalue weighted by Gasteiger charge is -2.22. The maximum absolute atomic E-state index is 6.53. The molecule has 7 aromatic carbocycles. The average molecular weight is 602 g/mol. The van der Waals surface area contributed by atoms with Crippen LogP contribution in [0.4, 0.5) is 0 Å². The standard InChI is InChI=1S/C45H31NO/c1-45(2)38-23-22-35-34-15-9-10-16-42(34)47-44(35)43(38)36-21-18-30(26-39(36)45)31-17-20-33-37-25-29(28-11-5-3-6-12-28)19-24-40(37)46(41(33)27-31)32-13-7-4-8-14-32/h3-27H,1-2H3. The number of hydrogen-bond donors (Lipinski definition) is 0. The van der Waals surface area contributed by atoms with Gasteiger partial charge in [0, 0.05) is 38.2 Å². The van der Waals surface area contributed by atoms with Gasteiger partial charge in [-0.1, -0.05) is 123 Å². The fourth-order valence-electron chi connectivity index (χ4n) is 8.05. The molecule has 0 fully saturated rings. The number of hydrogen-bond acceptors (Lipinski definition) is 1. The minimum atomic E-state index is -0.148. The van der Waals surface area contributed by atoms with Crippen LogP contribution in [0.1, 0.15) is 25.0 Å². The van der Waals surface area contributed by atoms with Gasteiger partial charge in [0.25, 0.3) is 0 Å². The Kier molecular flexibility index (Phi) is 5.37. The molecule has 9 aromatic rings. The lowest BCUT2D eigenvalue weighted by Crippen LogP contribution is -2.14. The van der Waals surface area contributed by atoms with Gasteiger partial charge in [0.15, 0.2) is 0 Å². The molecule has 0 saturated heterocycles. The molecular formula is C45H31NO. The Morgan fingerprint density at radius 1 is 0.468 bits per heavy atom. The van der Waals surface area contributed by atoms with Crippen LogP contribution in [-0.4, -0.2) is 4.57 Å². The van der Waals surface area contributed by atoms with Crippen molar-refractivity contribution in [3.8, 4) is 39.1 Å². The Bertz CT molecular complexity index is 2690. The van der Waals surface area contributed by atoms with Gasteiger partial charge >= 0.3 is 0 Å². The maximum Gasteiger partial charge on any atom is 0.143 e. The summed E-state index contributed by atoms with van der Waals surface area (Å²) in [5, 5.41) is 4.87. The van der Waals surface area contributed by atoms with E-state index in [2.05, 4.69) is 164 Å². The van der Waals surface area contributed by atoms with Gasteiger partial charge in [0.05, 0.1) is 11.0 Å². The Labute approximate surface area is 273 Å². The molecule has 0 atom stereocenters. The zero-order chi connectivity index (χ0) is 31.3. The van der Waals surface area contributed by atoms with Crippen molar-refractivity contribution in [3.05, 3.63) is 163 Å². The fourth-order valence-corrected chi connectivity index (χ4v) is 8.05. The molecule has 0 spiro atoms. The van der Waals surface area contributed by atoms with Crippen LogP contribution in [0.3, 0.4) is 0 Å². The summed E-state index contributed by atoms with van der Waals surface area (Å²) in [7, 11) is 0. The second-order valence-corrected chi connectivity index (χ2v) is 13.3. The van der Waals surface area contributed by atoms with E-state index in [0.717, 1.165) is 16.9 Å². The molecule has 2 aromatic heterocycles. The highest BCUT2D eigenvalue weighted by Gasteiger charge is 2.38. The predicted molar refractivity (Wildman–Crippen MR) is 196 cm³/mol. The van der Waals surface area contributed by atoms with E-state index >= 15 is 0 Å². The minimum Gasteiger partial charge on any atom is -0.455 e. The van der Waals surface area contributed by atoms with Crippen LogP contribution in [0.25, 0.3) is 82.8 Å². The molecule has 2 nitrogen and oxygen atoms in total. The molecular weight excluding hydrogens is 571 g/mol. The van der Waals surface area contributed by atoms with Crippen molar-refractivity contribution in [3.63, 3.8) is 0 Å². The number of para-hydroxylation sites is 2. The van der Waals surface area contributed by atoms with Gasteiger partial charge < -0.3 is 8.98 Å². The maximum atomic E-state index is 6.53. The molecule has 0 saturated carbocycles. The summed E-state index contributed by atoms with van der Waals surface area (Å²) in [4.78, 5) is 0. The van der Waals surface area contributed by atoms with Crippen LogP contribution in [0, 0.1) is 0 Å². The van der Waals surface area contributed by atoms with E-state index in [1.165, 1.54) is 77.1 Å². The molecule has 47 heavy (non-hydrogen) atoms. The number of fused-ring (bicyclic) bond motifs is 10. The second kappa shape index (κ2) is 9.57. The zero-order valence-electron chi connectivity index (χ0n) is 26.3. The summed E-state index contributed by atoms with van der Waals surface area (Å²) in [5.41, 5.74) is 15.4. The van der Waals surface area contributed by atoms with Gasteiger partial charge in [-0.15, -0.1) is 0 Å². The van der Waals surface area contributed by atoms with Crippen LogP contribution in [-0.2, 0) is 5.41 Å². The highest BCUT2D eigenvalue weighted by molar-refractivity contribution is 6.13. The van der Waals surface area contributed by atoms with E-state index in [9.17, 15) is 0 Å². The first-order valence-corrected chi connectivity index (χ1v) is 16.4. The SMILES string of the molecule is CC1(C)c2cc(-c3ccc4c5cc(-c6ccccc6)ccc5n(-c5ccccc5)c4c3)ccc2-c2c1ccc1c2oc2ccccc21. The first-order chi connectivity index (χ1) is 23.1. The summed E-state index contributed by atoms with van der Waals surface area (Å²) in [6.07, 6.45) is 0. The van der Waals surface area contributed by atoms with Crippen molar-refractivity contribution in [2.45, 2.75) is 19.3 Å². The Morgan fingerprint density at radius 2 is 1.15 bits per heavy atom. The van der Waals surface area contributed by atoms with E-state index in [-0.39, 0.29) is 5.41 Å². The van der Waals surface area contributed by atoms with Gasteiger partial charge in [-0.25, -0.2) is 0 Å². The Balaban J connectivity index is 1.17. The number of benzene rings is 7. The summed E-state index contributed by atoms with van der Waals surface area (Å²) in [6.45, 7) is 4.69. The first-order valence-electron chi connectivity index (χ1n) is 16.4. The molecule has 2 heteroatoms. The molecule has 1 aliphatic rings. The van der Waals surface area contributed by atoms with Gasteiger partial charge in [-0.2, -0.15) is 0 Å². The van der Waals surface area contributed by atoms with Gasteiger partial charge in [0.2, 0.25) is 0 Å². The van der Waals surface area contributed by atoms with E-state index in [4.69, 9.17) is 4.42 Å². The van der Waals surface area contributed by atoms with E-state index in [1.807, 2.05) is 6.07 Å². The molecule has 1 aliphatic carbocycles. The average Bonchev–Trinajstić information content (AvgIpc) is 3.74. The van der Waals surface area contributed by atoms with Crippen LogP contribution in [0.15, 0.2) is 156 Å². The fraction of sp³-hybridized carbons (Fsp3) is 0.0667. The third-order valence-corrected chi connectivity index (χ3v) is 10.4. The molecule has 0 aliphatic heterocycles. The van der Waals surface area contributed by atoms with Crippen molar-refractivity contribution < 1.29 is 4.42 Å². The summed E-state index contributed by atoms with van der Waals surface area (Å²) >= 11 is 0. The number of aromatic nitrogens is 1. The van der Waals surface area contributed by atoms with Gasteiger partial charge in [-0.3, -0.25) is 0 Å². The number of furan rings is 1. The van der Waals surface area contributed by atoms with Crippen LogP contribution >= 0.6 is 0 Å². The third-order valence-electron chi connectivity index (χ3n) is 10.4. The Hall–Kier alpha value is -5.86. The highest BCUT2D eigenvalue weighted by Crippen LogP contribution is 2.53. The van der Waals surface area contributed by atoms with Crippen molar-refractivity contribution in [1.29, 1.82) is 0 Å². The summed E-state index contributed by atoms with van der Waals surface area (Å²) < 4.78 is 8.94. The molecule has 0 radical (unpaired) electrons. The molecule has 222 valence electrons. The zero-order valence-corrected chi connectivity index (χ0v) is 26.3. The van der Waals surface area contributed by atoms with Crippen molar-refractivity contribution in [2.75, 3.05) is 0 Å². The second-order valence-electron chi connectivity index (χ2n) is 13.3. The van der Waals surface area contributed by atoms with Crippen molar-refractivity contribution >= 4 is 43.7 Å². The summed E-state index contributed by atoms with van der Waals surface area (Å²) in [6, 6.07) is 55.1. The first kappa shape index (κ1) is 26.4. The lowest BCUT2D eigenvalue weighted by molar-refractivity contribution is 0.653. The highest BCUT2D eigenvalue weighted by atomic mass is 16.3. The van der Waals surface area contributed by atoms with E-state index in [0.29, 0.717) is 0 Å². The predicted octanol–water partition coefficient (Wildman–Crippen LogP) is 12.3.